The average Bonchev–Trinajstić information content (AvgIpc) is 2.74. The number of alkyl carbamates (subject to hydrolysis) is 1. The van der Waals surface area contributed by atoms with Crippen molar-refractivity contribution in [3.05, 3.63) is 35.9 Å². The Morgan fingerprint density at radius 2 is 1.61 bits per heavy atom. The number of nitrogens with one attached hydrogen (secondary N) is 2. The Morgan fingerprint density at radius 1 is 0.935 bits per heavy atom. The van der Waals surface area contributed by atoms with Crippen LogP contribution < -0.4 is 10.6 Å². The number of hydrogen-bond acceptors (Lipinski definition) is 6. The van der Waals surface area contributed by atoms with Crippen molar-refractivity contribution in [3.8, 4) is 0 Å². The maximum Gasteiger partial charge on any atom is 0.408 e. The molecule has 0 fully saturated rings. The van der Waals surface area contributed by atoms with Crippen LogP contribution in [0.5, 0.6) is 0 Å². The zero-order valence-electron chi connectivity index (χ0n) is 18.8. The van der Waals surface area contributed by atoms with Crippen molar-refractivity contribution < 1.29 is 28.7 Å². The van der Waals surface area contributed by atoms with E-state index in [0.717, 1.165) is 12.0 Å². The van der Waals surface area contributed by atoms with Crippen LogP contribution in [0.15, 0.2) is 30.3 Å². The summed E-state index contributed by atoms with van der Waals surface area (Å²) in [6.07, 6.45) is 1.37. The molecule has 0 bridgehead atoms. The highest BCUT2D eigenvalue weighted by Gasteiger charge is 2.31. The van der Waals surface area contributed by atoms with E-state index < -0.39 is 35.8 Å². The largest absolute Gasteiger partial charge is 0.460 e. The van der Waals surface area contributed by atoms with Gasteiger partial charge >= 0.3 is 12.1 Å². The zero-order chi connectivity index (χ0) is 23.2. The van der Waals surface area contributed by atoms with Crippen LogP contribution in [0, 0.1) is 5.92 Å². The van der Waals surface area contributed by atoms with Gasteiger partial charge in [-0.2, -0.15) is 0 Å². The molecular weight excluding hydrogens is 400 g/mol. The van der Waals surface area contributed by atoms with E-state index in [9.17, 15) is 19.2 Å². The van der Waals surface area contributed by atoms with Crippen molar-refractivity contribution in [1.82, 2.24) is 10.6 Å². The molecule has 0 aromatic heterocycles. The predicted molar refractivity (Wildman–Crippen MR) is 116 cm³/mol. The number of rotatable bonds is 13. The molecular formula is C23H34N2O6. The Hall–Kier alpha value is -2.90. The number of hydrogen-bond donors (Lipinski definition) is 2. The van der Waals surface area contributed by atoms with Crippen LogP contribution in [0.25, 0.3) is 0 Å². The fraction of sp³-hybridized carbons (Fsp3) is 0.565. The molecule has 0 aliphatic heterocycles. The Bertz CT molecular complexity index is 720. The molecule has 1 rings (SSSR count). The molecule has 1 aromatic carbocycles. The molecule has 0 aliphatic rings. The van der Waals surface area contributed by atoms with Crippen molar-refractivity contribution in [2.24, 2.45) is 5.92 Å². The normalized spacial score (nSPS) is 12.5. The highest BCUT2D eigenvalue weighted by atomic mass is 16.5. The summed E-state index contributed by atoms with van der Waals surface area (Å²) in [6, 6.07) is 7.28. The minimum atomic E-state index is -0.997. The van der Waals surface area contributed by atoms with Crippen LogP contribution in [0.3, 0.4) is 0 Å². The van der Waals surface area contributed by atoms with Gasteiger partial charge in [0.25, 0.3) is 5.78 Å². The molecule has 2 N–H and O–H groups in total. The van der Waals surface area contributed by atoms with Gasteiger partial charge in [0.15, 0.2) is 0 Å². The Labute approximate surface area is 184 Å². The van der Waals surface area contributed by atoms with Crippen LogP contribution in [0.4, 0.5) is 4.79 Å². The minimum Gasteiger partial charge on any atom is -0.460 e. The highest BCUT2D eigenvalue weighted by molar-refractivity contribution is 6.36. The molecule has 8 nitrogen and oxygen atoms in total. The Balaban J connectivity index is 2.79. The van der Waals surface area contributed by atoms with Gasteiger partial charge in [-0.15, -0.1) is 0 Å². The first-order chi connectivity index (χ1) is 14.8. The number of ether oxygens (including phenoxy) is 2. The second-order valence-electron chi connectivity index (χ2n) is 7.68. The molecule has 0 saturated carbocycles. The molecule has 0 radical (unpaired) electrons. The summed E-state index contributed by atoms with van der Waals surface area (Å²) in [5.41, 5.74) is 0.821. The fourth-order valence-corrected chi connectivity index (χ4v) is 2.90. The van der Waals surface area contributed by atoms with Crippen molar-refractivity contribution in [1.29, 1.82) is 0 Å². The van der Waals surface area contributed by atoms with Crippen molar-refractivity contribution in [3.63, 3.8) is 0 Å². The topological polar surface area (TPSA) is 111 Å². The van der Waals surface area contributed by atoms with E-state index >= 15 is 0 Å². The third-order valence-electron chi connectivity index (χ3n) is 4.48. The van der Waals surface area contributed by atoms with Crippen LogP contribution in [-0.2, 0) is 30.5 Å². The molecule has 1 aromatic rings. The molecule has 0 heterocycles. The molecule has 8 heteroatoms. The molecule has 172 valence electrons. The summed E-state index contributed by atoms with van der Waals surface area (Å²) in [6.45, 7) is 7.52. The summed E-state index contributed by atoms with van der Waals surface area (Å²) in [5.74, 6) is -2.21. The molecule has 2 amide bonds. The number of benzene rings is 1. The lowest BCUT2D eigenvalue weighted by Crippen LogP contribution is -2.53. The number of carbonyl (C=O) groups excluding carboxylic acids is 4. The maximum atomic E-state index is 12.9. The van der Waals surface area contributed by atoms with E-state index in [0.29, 0.717) is 19.3 Å². The fourth-order valence-electron chi connectivity index (χ4n) is 2.90. The quantitative estimate of drug-likeness (QED) is 0.364. The van der Waals surface area contributed by atoms with Crippen molar-refractivity contribution in [2.45, 2.75) is 72.1 Å². The smallest absolute Gasteiger partial charge is 0.408 e. The van der Waals surface area contributed by atoms with E-state index in [-0.39, 0.29) is 19.1 Å². The van der Waals surface area contributed by atoms with E-state index in [1.807, 2.05) is 51.1 Å². The molecule has 0 aliphatic carbocycles. The number of Topliss-reactive ketones (excluding diaryl/α,β-unsaturated/α-hetero) is 1. The first kappa shape index (κ1) is 26.1. The average molecular weight is 435 g/mol. The van der Waals surface area contributed by atoms with Gasteiger partial charge in [0.2, 0.25) is 5.91 Å². The second-order valence-corrected chi connectivity index (χ2v) is 7.68. The van der Waals surface area contributed by atoms with Crippen LogP contribution in [0.1, 0.15) is 58.9 Å². The third-order valence-corrected chi connectivity index (χ3v) is 4.48. The Kier molecular flexibility index (Phi) is 11.9. The summed E-state index contributed by atoms with van der Waals surface area (Å²) in [7, 11) is 0. The Morgan fingerprint density at radius 3 is 2.19 bits per heavy atom. The van der Waals surface area contributed by atoms with Gasteiger partial charge in [-0.1, -0.05) is 63.9 Å². The van der Waals surface area contributed by atoms with E-state index in [2.05, 4.69) is 10.6 Å². The molecule has 0 spiro atoms. The lowest BCUT2D eigenvalue weighted by Gasteiger charge is -2.23. The van der Waals surface area contributed by atoms with Gasteiger partial charge in [-0.05, 0) is 31.2 Å². The predicted octanol–water partition coefficient (Wildman–Crippen LogP) is 3.13. The standard InChI is InChI=1S/C23H34N2O6/c1-5-7-13-18(20(26)22(28)30-6-2)24-21(27)19(14-16(3)4)25-23(29)31-15-17-11-9-8-10-12-17/h8-12,16,18-19H,5-7,13-15H2,1-4H3,(H,24,27)(H,25,29). The van der Waals surface area contributed by atoms with E-state index in [1.54, 1.807) is 6.92 Å². The first-order valence-electron chi connectivity index (χ1n) is 10.8. The minimum absolute atomic E-state index is 0.0726. The summed E-state index contributed by atoms with van der Waals surface area (Å²) in [4.78, 5) is 49.4. The molecule has 0 saturated heterocycles. The molecule has 2 atom stereocenters. The number of carbonyl (C=O) groups is 4. The number of esters is 1. The zero-order valence-corrected chi connectivity index (χ0v) is 18.8. The lowest BCUT2D eigenvalue weighted by molar-refractivity contribution is -0.154. The summed E-state index contributed by atoms with van der Waals surface area (Å²) < 4.78 is 9.99. The van der Waals surface area contributed by atoms with Crippen LogP contribution >= 0.6 is 0 Å². The molecule has 31 heavy (non-hydrogen) atoms. The van der Waals surface area contributed by atoms with Gasteiger partial charge in [0, 0.05) is 0 Å². The summed E-state index contributed by atoms with van der Waals surface area (Å²) >= 11 is 0. The third kappa shape index (κ3) is 10.1. The van der Waals surface area contributed by atoms with Gasteiger partial charge in [0.05, 0.1) is 12.6 Å². The molecule has 2 unspecified atom stereocenters. The summed E-state index contributed by atoms with van der Waals surface area (Å²) in [5, 5.41) is 5.19. The van der Waals surface area contributed by atoms with Gasteiger partial charge < -0.3 is 20.1 Å². The van der Waals surface area contributed by atoms with Gasteiger partial charge in [-0.25, -0.2) is 9.59 Å². The number of ketones is 1. The number of amides is 2. The second kappa shape index (κ2) is 14.2. The maximum absolute atomic E-state index is 12.9. The van der Waals surface area contributed by atoms with Gasteiger partial charge in [0.1, 0.15) is 12.6 Å². The SMILES string of the molecule is CCCCC(NC(=O)C(CC(C)C)NC(=O)OCc1ccccc1)C(=O)C(=O)OCC. The van der Waals surface area contributed by atoms with Gasteiger partial charge in [-0.3, -0.25) is 9.59 Å². The lowest BCUT2D eigenvalue weighted by atomic mass is 10.0. The monoisotopic (exact) mass is 434 g/mol. The van der Waals surface area contributed by atoms with Crippen molar-refractivity contribution >= 4 is 23.8 Å². The van der Waals surface area contributed by atoms with Crippen molar-refractivity contribution in [2.75, 3.05) is 6.61 Å². The van der Waals surface area contributed by atoms with E-state index in [4.69, 9.17) is 9.47 Å². The highest BCUT2D eigenvalue weighted by Crippen LogP contribution is 2.09. The van der Waals surface area contributed by atoms with Crippen LogP contribution in [0.2, 0.25) is 0 Å². The first-order valence-corrected chi connectivity index (χ1v) is 10.8. The van der Waals surface area contributed by atoms with E-state index in [1.165, 1.54) is 0 Å². The van der Waals surface area contributed by atoms with Crippen LogP contribution in [-0.4, -0.2) is 42.4 Å². The number of unbranched alkanes of at least 4 members (excludes halogenated alkanes) is 1.